The Balaban J connectivity index is 2.05. The number of hydrogen-bond donors (Lipinski definition) is 0. The Morgan fingerprint density at radius 2 is 1.76 bits per heavy atom. The predicted octanol–water partition coefficient (Wildman–Crippen LogP) is 2.26. The Labute approximate surface area is 105 Å². The van der Waals surface area contributed by atoms with Crippen LogP contribution >= 0.6 is 0 Å². The van der Waals surface area contributed by atoms with Crippen molar-refractivity contribution in [2.45, 2.75) is 64.5 Å². The molecular weight excluding hydrogens is 212 g/mol. The molecule has 0 radical (unpaired) electrons. The molecule has 0 unspecified atom stereocenters. The van der Waals surface area contributed by atoms with Gasteiger partial charge in [0.25, 0.3) is 0 Å². The lowest BCUT2D eigenvalue weighted by Crippen LogP contribution is -2.56. The maximum absolute atomic E-state index is 11.9. The molecule has 2 heterocycles. The van der Waals surface area contributed by atoms with Crippen LogP contribution in [0.3, 0.4) is 0 Å². The number of rotatable bonds is 1. The van der Waals surface area contributed by atoms with Crippen molar-refractivity contribution in [1.29, 1.82) is 0 Å². The van der Waals surface area contributed by atoms with Crippen molar-refractivity contribution in [3.05, 3.63) is 0 Å². The molecule has 0 N–H and O–H groups in total. The molecule has 0 aromatic carbocycles. The van der Waals surface area contributed by atoms with Crippen LogP contribution in [0.5, 0.6) is 0 Å². The minimum atomic E-state index is 0.202. The fraction of sp³-hybridized carbons (Fsp3) is 0.929. The molecule has 1 amide bonds. The van der Waals surface area contributed by atoms with E-state index in [1.807, 2.05) is 0 Å². The third-order valence-corrected chi connectivity index (χ3v) is 4.64. The Morgan fingerprint density at radius 1 is 1.18 bits per heavy atom. The van der Waals surface area contributed by atoms with E-state index in [2.05, 4.69) is 37.5 Å². The zero-order valence-electron chi connectivity index (χ0n) is 11.8. The average Bonchev–Trinajstić information content (AvgIpc) is 2.55. The minimum absolute atomic E-state index is 0.202. The molecule has 2 aliphatic rings. The number of likely N-dealkylation sites (tertiary alicyclic amines) is 2. The van der Waals surface area contributed by atoms with Crippen LogP contribution in [0.25, 0.3) is 0 Å². The summed E-state index contributed by atoms with van der Waals surface area (Å²) in [5.41, 5.74) is 0.467. The van der Waals surface area contributed by atoms with Crippen LogP contribution in [-0.4, -0.2) is 46.4 Å². The van der Waals surface area contributed by atoms with E-state index in [-0.39, 0.29) is 11.1 Å². The van der Waals surface area contributed by atoms with Gasteiger partial charge in [-0.25, -0.2) is 0 Å². The zero-order chi connectivity index (χ0) is 12.7. The molecular formula is C14H26N2O. The Morgan fingerprint density at radius 3 is 2.24 bits per heavy atom. The summed E-state index contributed by atoms with van der Waals surface area (Å²) >= 11 is 0. The molecule has 17 heavy (non-hydrogen) atoms. The maximum Gasteiger partial charge on any atom is 0.223 e. The third kappa shape index (κ3) is 2.22. The Bertz CT molecular complexity index is 298. The van der Waals surface area contributed by atoms with E-state index in [9.17, 15) is 4.79 Å². The largest absolute Gasteiger partial charge is 0.337 e. The van der Waals surface area contributed by atoms with Crippen molar-refractivity contribution >= 4 is 5.91 Å². The number of carbonyl (C=O) groups excluding carboxylic acids is 1. The number of nitrogens with zero attached hydrogens (tertiary/aromatic N) is 2. The monoisotopic (exact) mass is 238 g/mol. The lowest BCUT2D eigenvalue weighted by atomic mass is 9.83. The second kappa shape index (κ2) is 4.27. The molecule has 0 bridgehead atoms. The molecule has 0 atom stereocenters. The van der Waals surface area contributed by atoms with Crippen LogP contribution in [0.15, 0.2) is 0 Å². The normalized spacial score (nSPS) is 25.9. The van der Waals surface area contributed by atoms with Crippen LogP contribution in [-0.2, 0) is 4.79 Å². The molecule has 0 aromatic rings. The third-order valence-electron chi connectivity index (χ3n) is 4.64. The Kier molecular flexibility index (Phi) is 3.23. The minimum Gasteiger partial charge on any atom is -0.337 e. The maximum atomic E-state index is 11.9. The van der Waals surface area contributed by atoms with E-state index in [4.69, 9.17) is 0 Å². The molecule has 0 aromatic heterocycles. The van der Waals surface area contributed by atoms with Gasteiger partial charge in [0.05, 0.1) is 0 Å². The predicted molar refractivity (Wildman–Crippen MR) is 69.9 cm³/mol. The molecule has 3 heteroatoms. The molecule has 0 saturated carbocycles. The zero-order valence-corrected chi connectivity index (χ0v) is 11.8. The first-order valence-corrected chi connectivity index (χ1v) is 6.94. The quantitative estimate of drug-likeness (QED) is 0.699. The van der Waals surface area contributed by atoms with Gasteiger partial charge in [0.1, 0.15) is 0 Å². The molecule has 0 aliphatic carbocycles. The van der Waals surface area contributed by atoms with Gasteiger partial charge in [-0.1, -0.05) is 0 Å². The lowest BCUT2D eigenvalue weighted by Gasteiger charge is -2.48. The van der Waals surface area contributed by atoms with Gasteiger partial charge in [0.2, 0.25) is 5.91 Å². The molecule has 2 fully saturated rings. The van der Waals surface area contributed by atoms with Crippen molar-refractivity contribution in [3.63, 3.8) is 0 Å². The van der Waals surface area contributed by atoms with E-state index in [0.29, 0.717) is 5.91 Å². The fourth-order valence-electron chi connectivity index (χ4n) is 3.50. The standard InChI is InChI=1S/C14H26N2O/c1-5-16-12(17)6-7-14(16)8-10-15(11-9-14)13(2,3)4/h5-11H2,1-4H3. The molecule has 2 aliphatic heterocycles. The summed E-state index contributed by atoms with van der Waals surface area (Å²) in [6.45, 7) is 12.1. The average molecular weight is 238 g/mol. The molecule has 1 spiro atoms. The van der Waals surface area contributed by atoms with E-state index >= 15 is 0 Å². The summed E-state index contributed by atoms with van der Waals surface area (Å²) in [6, 6.07) is 0. The van der Waals surface area contributed by atoms with Gasteiger partial charge in [0.15, 0.2) is 0 Å². The van der Waals surface area contributed by atoms with Crippen LogP contribution < -0.4 is 0 Å². The van der Waals surface area contributed by atoms with Crippen LogP contribution in [0.1, 0.15) is 53.4 Å². The van der Waals surface area contributed by atoms with Crippen molar-refractivity contribution in [2.75, 3.05) is 19.6 Å². The second-order valence-corrected chi connectivity index (χ2v) is 6.52. The highest BCUT2D eigenvalue weighted by Gasteiger charge is 2.46. The summed E-state index contributed by atoms with van der Waals surface area (Å²) < 4.78 is 0. The number of hydrogen-bond acceptors (Lipinski definition) is 2. The number of amides is 1. The summed E-state index contributed by atoms with van der Waals surface area (Å²) in [7, 11) is 0. The van der Waals surface area contributed by atoms with Gasteiger partial charge in [-0.2, -0.15) is 0 Å². The van der Waals surface area contributed by atoms with Gasteiger partial charge in [-0.05, 0) is 47.0 Å². The molecule has 2 rings (SSSR count). The van der Waals surface area contributed by atoms with Gasteiger partial charge in [-0.15, -0.1) is 0 Å². The fourth-order valence-corrected chi connectivity index (χ4v) is 3.50. The van der Waals surface area contributed by atoms with Crippen molar-refractivity contribution in [3.8, 4) is 0 Å². The van der Waals surface area contributed by atoms with Gasteiger partial charge in [-0.3, -0.25) is 9.69 Å². The SMILES string of the molecule is CCN1C(=O)CCC12CCN(C(C)(C)C)CC2. The van der Waals surface area contributed by atoms with Gasteiger partial charge in [0, 0.05) is 37.1 Å². The molecule has 2 saturated heterocycles. The van der Waals surface area contributed by atoms with E-state index in [0.717, 1.165) is 45.3 Å². The summed E-state index contributed by atoms with van der Waals surface area (Å²) in [6.07, 6.45) is 4.16. The first kappa shape index (κ1) is 12.9. The summed E-state index contributed by atoms with van der Waals surface area (Å²) in [5.74, 6) is 0.372. The van der Waals surface area contributed by atoms with E-state index < -0.39 is 0 Å². The number of piperidine rings is 1. The smallest absolute Gasteiger partial charge is 0.223 e. The van der Waals surface area contributed by atoms with E-state index in [1.165, 1.54) is 0 Å². The van der Waals surface area contributed by atoms with Gasteiger partial charge >= 0.3 is 0 Å². The Hall–Kier alpha value is -0.570. The second-order valence-electron chi connectivity index (χ2n) is 6.52. The van der Waals surface area contributed by atoms with Crippen molar-refractivity contribution in [1.82, 2.24) is 9.80 Å². The van der Waals surface area contributed by atoms with Crippen LogP contribution in [0, 0.1) is 0 Å². The highest BCUT2D eigenvalue weighted by atomic mass is 16.2. The first-order chi connectivity index (χ1) is 7.89. The lowest BCUT2D eigenvalue weighted by molar-refractivity contribution is -0.132. The van der Waals surface area contributed by atoms with Crippen molar-refractivity contribution in [2.24, 2.45) is 0 Å². The van der Waals surface area contributed by atoms with Gasteiger partial charge < -0.3 is 4.90 Å². The highest BCUT2D eigenvalue weighted by molar-refractivity contribution is 5.79. The first-order valence-electron chi connectivity index (χ1n) is 6.94. The van der Waals surface area contributed by atoms with Crippen molar-refractivity contribution < 1.29 is 4.79 Å². The van der Waals surface area contributed by atoms with Crippen LogP contribution in [0.2, 0.25) is 0 Å². The summed E-state index contributed by atoms with van der Waals surface area (Å²) in [5, 5.41) is 0. The summed E-state index contributed by atoms with van der Waals surface area (Å²) in [4.78, 5) is 16.6. The topological polar surface area (TPSA) is 23.6 Å². The highest BCUT2D eigenvalue weighted by Crippen LogP contribution is 2.40. The van der Waals surface area contributed by atoms with Crippen LogP contribution in [0.4, 0.5) is 0 Å². The molecule has 3 nitrogen and oxygen atoms in total. The van der Waals surface area contributed by atoms with E-state index in [1.54, 1.807) is 0 Å². The number of carbonyl (C=O) groups is 1. The molecule has 98 valence electrons.